The van der Waals surface area contributed by atoms with Gasteiger partial charge in [-0.2, -0.15) is 0 Å². The van der Waals surface area contributed by atoms with Crippen molar-refractivity contribution in [2.45, 2.75) is 71.7 Å². The molecule has 3 saturated heterocycles. The summed E-state index contributed by atoms with van der Waals surface area (Å²) in [5, 5.41) is 12.6. The van der Waals surface area contributed by atoms with E-state index in [1.54, 1.807) is 133 Å². The fourth-order valence-corrected chi connectivity index (χ4v) is 10.7. The van der Waals surface area contributed by atoms with E-state index in [1.165, 1.54) is 48.2 Å². The summed E-state index contributed by atoms with van der Waals surface area (Å²) in [6, 6.07) is 54.2. The van der Waals surface area contributed by atoms with Gasteiger partial charge in [0.15, 0.2) is 30.9 Å². The summed E-state index contributed by atoms with van der Waals surface area (Å²) in [7, 11) is 0. The number of carbonyl (C=O) groups excluding carboxylic acids is 6. The Morgan fingerprint density at radius 3 is 1.52 bits per heavy atom. The van der Waals surface area contributed by atoms with Gasteiger partial charge >= 0.3 is 23.9 Å². The van der Waals surface area contributed by atoms with Gasteiger partial charge in [-0.1, -0.05) is 127 Å². The Morgan fingerprint density at radius 1 is 0.519 bits per heavy atom. The smallest absolute Gasteiger partial charge is 0.338 e. The van der Waals surface area contributed by atoms with Crippen LogP contribution >= 0.6 is 11.8 Å². The highest BCUT2D eigenvalue weighted by Gasteiger charge is 2.58. The number of fused-ring (bicyclic) bond motifs is 2. The minimum absolute atomic E-state index is 0.0845. The van der Waals surface area contributed by atoms with Crippen molar-refractivity contribution in [1.82, 2.24) is 0 Å². The second-order valence-electron chi connectivity index (χ2n) is 18.6. The molecule has 4 aliphatic rings. The van der Waals surface area contributed by atoms with Crippen molar-refractivity contribution in [3.05, 3.63) is 239 Å². The minimum atomic E-state index is -1.82. The number of rotatable bonds is 15. The van der Waals surface area contributed by atoms with E-state index >= 15 is 0 Å². The molecule has 400 valence electrons. The normalized spacial score (nSPS) is 25.3. The quantitative estimate of drug-likeness (QED) is 0.0580. The van der Waals surface area contributed by atoms with Gasteiger partial charge < -0.3 is 47.7 Å². The number of hydrogen-bond donors (Lipinski definition) is 1. The predicted octanol–water partition coefficient (Wildman–Crippen LogP) is 8.42. The zero-order valence-electron chi connectivity index (χ0n) is 41.7. The molecular formula is C61H49NO16S. The molecule has 17 nitrogen and oxygen atoms in total. The van der Waals surface area contributed by atoms with E-state index < -0.39 is 109 Å². The molecule has 0 bridgehead atoms. The molecule has 0 radical (unpaired) electrons. The molecule has 0 spiro atoms. The fourth-order valence-electron chi connectivity index (χ4n) is 9.61. The molecule has 1 N–H and O–H groups in total. The lowest BCUT2D eigenvalue weighted by molar-refractivity contribution is -0.364. The third kappa shape index (κ3) is 11.5. The van der Waals surface area contributed by atoms with Gasteiger partial charge in [0, 0.05) is 10.5 Å². The average molecular weight is 1080 g/mol. The van der Waals surface area contributed by atoms with Gasteiger partial charge in [-0.3, -0.25) is 9.59 Å². The Morgan fingerprint density at radius 2 is 0.987 bits per heavy atom. The SMILES string of the molecule is O=C(OC[C@H]1O[C@@H](O[C@@H]2[C@@H](O)[C@H](Sc3ccccc3)O[C@@H]3CO[C@@H](c4ccc(N5C(=O)c6ccccc6C5=O)cc4)O[C@@H]23)[C@H](OC(=O)c2ccccc2)[C@@H](OC(=O)c2ccccc2)[C@@H]1OC(=O)c1ccccc1)c1ccccc1. The lowest BCUT2D eigenvalue weighted by Gasteiger charge is -2.50. The molecule has 0 aliphatic carbocycles. The Hall–Kier alpha value is -8.33. The van der Waals surface area contributed by atoms with E-state index in [-0.39, 0.29) is 40.0 Å². The molecule has 7 aromatic rings. The zero-order chi connectivity index (χ0) is 54.4. The molecule has 0 aromatic heterocycles. The standard InChI is InChI=1S/C61H49NO16S/c63-47-50(48-46(73-61(47)79-42-26-14-5-15-27-42)35-71-59(77-48)40-30-32-41(33-31-40)62-53(64)43-28-16-17-29-44(43)54(62)65)78-60-52(76-58(69)39-24-12-4-13-25-39)51(75-57(68)38-22-10-3-11-23-38)49(74-56(67)37-20-8-2-9-21-37)45(72-60)34-70-55(66)36-18-6-1-7-19-36/h1-33,45-52,59-61,63H,34-35H2/t45-,46-,47-,48-,49-,50-,51+,52-,59-,60+,61+/m1/s1. The molecule has 2 amide bonds. The molecule has 4 heterocycles. The highest BCUT2D eigenvalue weighted by molar-refractivity contribution is 7.99. The van der Waals surface area contributed by atoms with E-state index in [9.17, 15) is 33.9 Å². The van der Waals surface area contributed by atoms with Crippen molar-refractivity contribution in [2.24, 2.45) is 0 Å². The van der Waals surface area contributed by atoms with Gasteiger partial charge in [-0.05, 0) is 84.9 Å². The number of esters is 4. The van der Waals surface area contributed by atoms with Crippen LogP contribution in [0.2, 0.25) is 0 Å². The van der Waals surface area contributed by atoms with E-state index in [4.69, 9.17) is 42.6 Å². The summed E-state index contributed by atoms with van der Waals surface area (Å²) in [5.74, 6) is -4.42. The molecule has 79 heavy (non-hydrogen) atoms. The summed E-state index contributed by atoms with van der Waals surface area (Å²) in [6.07, 6.45) is -14.8. The van der Waals surface area contributed by atoms with Crippen LogP contribution in [0.5, 0.6) is 0 Å². The first-order chi connectivity index (χ1) is 38.6. The first-order valence-corrected chi connectivity index (χ1v) is 26.2. The van der Waals surface area contributed by atoms with Gasteiger partial charge in [0.1, 0.15) is 42.6 Å². The van der Waals surface area contributed by atoms with Gasteiger partial charge in [0.25, 0.3) is 11.8 Å². The summed E-state index contributed by atoms with van der Waals surface area (Å²) >= 11 is 1.20. The third-order valence-electron chi connectivity index (χ3n) is 13.5. The fraction of sp³-hybridized carbons (Fsp3) is 0.213. The lowest BCUT2D eigenvalue weighted by atomic mass is 9.96. The number of benzene rings is 7. The number of aliphatic hydroxyl groups is 1. The Balaban J connectivity index is 0.970. The van der Waals surface area contributed by atoms with Gasteiger partial charge in [0.05, 0.1) is 45.7 Å². The first kappa shape index (κ1) is 52.7. The number of nitrogens with zero attached hydrogens (tertiary/aromatic N) is 1. The summed E-state index contributed by atoms with van der Waals surface area (Å²) in [4.78, 5) is 85.2. The molecule has 3 fully saturated rings. The van der Waals surface area contributed by atoms with Crippen molar-refractivity contribution >= 4 is 53.1 Å². The summed E-state index contributed by atoms with van der Waals surface area (Å²) in [5.41, 5.74) is 0.773. The Kier molecular flexibility index (Phi) is 15.8. The average Bonchev–Trinajstić information content (AvgIpc) is 4.02. The first-order valence-electron chi connectivity index (χ1n) is 25.3. The molecule has 7 aromatic carbocycles. The lowest BCUT2D eigenvalue weighted by Crippen LogP contribution is -2.67. The number of carbonyl (C=O) groups is 6. The number of anilines is 1. The van der Waals surface area contributed by atoms with Crippen LogP contribution < -0.4 is 4.90 Å². The van der Waals surface area contributed by atoms with Crippen molar-refractivity contribution in [1.29, 1.82) is 0 Å². The predicted molar refractivity (Wildman–Crippen MR) is 282 cm³/mol. The molecule has 18 heteroatoms. The van der Waals surface area contributed by atoms with Crippen LogP contribution in [0.25, 0.3) is 0 Å². The topological polar surface area (TPSA) is 209 Å². The third-order valence-corrected chi connectivity index (χ3v) is 14.7. The maximum Gasteiger partial charge on any atom is 0.338 e. The second kappa shape index (κ2) is 23.7. The summed E-state index contributed by atoms with van der Waals surface area (Å²) < 4.78 is 57.9. The number of amides is 2. The van der Waals surface area contributed by atoms with Crippen LogP contribution in [0, 0.1) is 0 Å². The molecule has 4 aliphatic heterocycles. The Labute approximate surface area is 456 Å². The van der Waals surface area contributed by atoms with Crippen LogP contribution in [0.3, 0.4) is 0 Å². The zero-order valence-corrected chi connectivity index (χ0v) is 42.6. The molecule has 0 unspecified atom stereocenters. The molecule has 11 rings (SSSR count). The van der Waals surface area contributed by atoms with Gasteiger partial charge in [-0.15, -0.1) is 0 Å². The summed E-state index contributed by atoms with van der Waals surface area (Å²) in [6.45, 7) is -0.726. The number of aliphatic hydroxyl groups excluding tert-OH is 1. The highest BCUT2D eigenvalue weighted by atomic mass is 32.2. The number of imide groups is 1. The van der Waals surface area contributed by atoms with E-state index in [0.717, 1.165) is 9.80 Å². The second-order valence-corrected chi connectivity index (χ2v) is 19.8. The van der Waals surface area contributed by atoms with Gasteiger partial charge in [-0.25, -0.2) is 24.1 Å². The van der Waals surface area contributed by atoms with Crippen molar-refractivity contribution in [2.75, 3.05) is 18.1 Å². The maximum absolute atomic E-state index is 14.4. The molecule has 0 saturated carbocycles. The van der Waals surface area contributed by atoms with Crippen LogP contribution in [0.15, 0.2) is 205 Å². The monoisotopic (exact) mass is 1080 g/mol. The van der Waals surface area contributed by atoms with E-state index in [0.29, 0.717) is 11.3 Å². The van der Waals surface area contributed by atoms with Crippen molar-refractivity contribution < 1.29 is 76.5 Å². The largest absolute Gasteiger partial charge is 0.459 e. The molecular weight excluding hydrogens is 1030 g/mol. The Bertz CT molecular complexity index is 3270. The highest BCUT2D eigenvalue weighted by Crippen LogP contribution is 2.43. The van der Waals surface area contributed by atoms with Crippen LogP contribution in [0.1, 0.15) is 74.0 Å². The number of thioether (sulfide) groups is 1. The number of hydrogen-bond acceptors (Lipinski definition) is 17. The number of ether oxygens (including phenoxy) is 9. The van der Waals surface area contributed by atoms with Crippen molar-refractivity contribution in [3.63, 3.8) is 0 Å². The minimum Gasteiger partial charge on any atom is -0.459 e. The maximum atomic E-state index is 14.4. The van der Waals surface area contributed by atoms with Crippen LogP contribution in [0.4, 0.5) is 5.69 Å². The van der Waals surface area contributed by atoms with Crippen LogP contribution in [-0.4, -0.2) is 115 Å². The van der Waals surface area contributed by atoms with E-state index in [1.807, 2.05) is 30.3 Å². The molecule has 11 atom stereocenters. The van der Waals surface area contributed by atoms with E-state index in [2.05, 4.69) is 0 Å². The van der Waals surface area contributed by atoms with Crippen molar-refractivity contribution in [3.8, 4) is 0 Å². The van der Waals surface area contributed by atoms with Gasteiger partial charge in [0.2, 0.25) is 0 Å². The van der Waals surface area contributed by atoms with Crippen LogP contribution in [-0.2, 0) is 42.6 Å².